The molecule has 2 fully saturated rings. The summed E-state index contributed by atoms with van der Waals surface area (Å²) in [7, 11) is 0. The standard InChI is InChI=1S/C37H39NO10/c39-17-25(36(13-3-4-14-36)24-8-10-26(42)11-9-24)19-46-32-33(48-37(45,20-41)34(32)43)35(44)47-31-29(18-40)38-28-12-7-23-15-21-5-1-2-6-22(21)16-27(23)30(28)31/h1-2,5-12,15-16,25,32-34,38-43,45H,3-4,13-14,17-20H2/t25-,32-,33+,34+,37-/m0/s1. The summed E-state index contributed by atoms with van der Waals surface area (Å²) in [5, 5.41) is 67.0. The third-order valence-corrected chi connectivity index (χ3v) is 10.3. The highest BCUT2D eigenvalue weighted by atomic mass is 16.7. The fourth-order valence-corrected chi connectivity index (χ4v) is 7.73. The van der Waals surface area contributed by atoms with Gasteiger partial charge in [0, 0.05) is 17.9 Å². The summed E-state index contributed by atoms with van der Waals surface area (Å²) >= 11 is 0. The average molecular weight is 658 g/mol. The van der Waals surface area contributed by atoms with E-state index in [-0.39, 0.29) is 30.4 Å². The number of H-pyrrole nitrogens is 1. The first-order valence-electron chi connectivity index (χ1n) is 16.2. The predicted molar refractivity (Wildman–Crippen MR) is 176 cm³/mol. The molecule has 4 aromatic carbocycles. The topological polar surface area (TPSA) is 182 Å². The van der Waals surface area contributed by atoms with Gasteiger partial charge in [-0.05, 0) is 70.3 Å². The monoisotopic (exact) mass is 657 g/mol. The number of benzene rings is 4. The molecule has 1 aromatic heterocycles. The van der Waals surface area contributed by atoms with Crippen LogP contribution in [0, 0.1) is 5.92 Å². The molecular formula is C37H39NO10. The van der Waals surface area contributed by atoms with E-state index in [1.807, 2.05) is 60.7 Å². The lowest BCUT2D eigenvalue weighted by Gasteiger charge is -2.38. The fraction of sp³-hybridized carbons (Fsp3) is 0.378. The minimum Gasteiger partial charge on any atom is -0.508 e. The average Bonchev–Trinajstić information content (AvgIpc) is 3.80. The lowest BCUT2D eigenvalue weighted by Crippen LogP contribution is -2.48. The Hall–Kier alpha value is -4.07. The van der Waals surface area contributed by atoms with Crippen molar-refractivity contribution in [3.63, 3.8) is 0 Å². The second-order valence-corrected chi connectivity index (χ2v) is 13.0. The Balaban J connectivity index is 1.21. The summed E-state index contributed by atoms with van der Waals surface area (Å²) in [5.41, 5.74) is 1.31. The van der Waals surface area contributed by atoms with Crippen LogP contribution in [0.2, 0.25) is 0 Å². The number of aliphatic hydroxyl groups excluding tert-OH is 4. The van der Waals surface area contributed by atoms with E-state index in [2.05, 4.69) is 4.98 Å². The molecule has 7 rings (SSSR count). The first kappa shape index (κ1) is 32.5. The van der Waals surface area contributed by atoms with E-state index >= 15 is 0 Å². The van der Waals surface area contributed by atoms with Gasteiger partial charge in [-0.15, -0.1) is 0 Å². The van der Waals surface area contributed by atoms with Crippen LogP contribution < -0.4 is 4.74 Å². The summed E-state index contributed by atoms with van der Waals surface area (Å²) in [6.07, 6.45) is -1.60. The summed E-state index contributed by atoms with van der Waals surface area (Å²) < 4.78 is 17.7. The number of hydrogen-bond acceptors (Lipinski definition) is 10. The van der Waals surface area contributed by atoms with E-state index in [1.54, 1.807) is 12.1 Å². The number of ether oxygens (including phenoxy) is 3. The molecule has 252 valence electrons. The van der Waals surface area contributed by atoms with Crippen LogP contribution in [0.25, 0.3) is 32.4 Å². The molecule has 2 heterocycles. The zero-order chi connectivity index (χ0) is 33.6. The Morgan fingerprint density at radius 1 is 0.958 bits per heavy atom. The molecule has 5 aromatic rings. The molecule has 1 aliphatic carbocycles. The molecule has 1 saturated carbocycles. The molecule has 11 nitrogen and oxygen atoms in total. The van der Waals surface area contributed by atoms with Gasteiger partial charge < -0.3 is 49.8 Å². The van der Waals surface area contributed by atoms with Crippen molar-refractivity contribution in [3.8, 4) is 11.5 Å². The Morgan fingerprint density at radius 3 is 2.33 bits per heavy atom. The van der Waals surface area contributed by atoms with E-state index < -0.39 is 54.6 Å². The minimum atomic E-state index is -2.52. The number of carbonyl (C=O) groups excluding carboxylic acids is 1. The quantitative estimate of drug-likeness (QED) is 0.0867. The van der Waals surface area contributed by atoms with E-state index in [4.69, 9.17) is 14.2 Å². The number of carbonyl (C=O) groups is 1. The lowest BCUT2D eigenvalue weighted by atomic mass is 9.69. The van der Waals surface area contributed by atoms with Crippen molar-refractivity contribution in [2.75, 3.05) is 19.8 Å². The molecule has 48 heavy (non-hydrogen) atoms. The molecule has 1 saturated heterocycles. The maximum Gasteiger partial charge on any atom is 0.343 e. The van der Waals surface area contributed by atoms with E-state index in [0.717, 1.165) is 52.8 Å². The highest BCUT2D eigenvalue weighted by molar-refractivity contribution is 6.14. The number of aromatic hydroxyl groups is 1. The maximum absolute atomic E-state index is 13.9. The second kappa shape index (κ2) is 12.8. The zero-order valence-corrected chi connectivity index (χ0v) is 26.2. The molecule has 11 heteroatoms. The number of aliphatic hydroxyl groups is 5. The van der Waals surface area contributed by atoms with Gasteiger partial charge in [0.2, 0.25) is 5.79 Å². The summed E-state index contributed by atoms with van der Waals surface area (Å²) in [6.45, 7) is -1.87. The number of esters is 1. The Morgan fingerprint density at radius 2 is 1.67 bits per heavy atom. The summed E-state index contributed by atoms with van der Waals surface area (Å²) in [6, 6.07) is 22.5. The van der Waals surface area contributed by atoms with Crippen LogP contribution in [0.4, 0.5) is 0 Å². The summed E-state index contributed by atoms with van der Waals surface area (Å²) in [4.78, 5) is 17.0. The molecule has 1 aliphatic heterocycles. The molecule has 0 bridgehead atoms. The lowest BCUT2D eigenvalue weighted by molar-refractivity contribution is -0.246. The molecule has 7 N–H and O–H groups in total. The molecule has 0 spiro atoms. The van der Waals surface area contributed by atoms with Crippen LogP contribution in [-0.4, -0.2) is 85.5 Å². The Labute approximate surface area is 275 Å². The van der Waals surface area contributed by atoms with E-state index in [1.165, 1.54) is 0 Å². The van der Waals surface area contributed by atoms with Gasteiger partial charge in [0.1, 0.15) is 18.0 Å². The van der Waals surface area contributed by atoms with E-state index in [0.29, 0.717) is 10.9 Å². The zero-order valence-electron chi connectivity index (χ0n) is 26.2. The molecule has 2 aliphatic rings. The first-order chi connectivity index (χ1) is 23.2. The number of aromatic amines is 1. The van der Waals surface area contributed by atoms with Crippen LogP contribution in [0.5, 0.6) is 11.5 Å². The maximum atomic E-state index is 13.9. The molecule has 0 unspecified atom stereocenters. The minimum absolute atomic E-state index is 0.0696. The number of phenols is 1. The number of rotatable bonds is 10. The van der Waals surface area contributed by atoms with Crippen molar-refractivity contribution in [2.45, 2.75) is 61.8 Å². The fourth-order valence-electron chi connectivity index (χ4n) is 7.73. The van der Waals surface area contributed by atoms with Crippen LogP contribution in [0.3, 0.4) is 0 Å². The van der Waals surface area contributed by atoms with Gasteiger partial charge in [-0.1, -0.05) is 55.3 Å². The Kier molecular flexibility index (Phi) is 8.63. The number of nitrogens with one attached hydrogen (secondary N) is 1. The van der Waals surface area contributed by atoms with Crippen LogP contribution >= 0.6 is 0 Å². The highest BCUT2D eigenvalue weighted by Gasteiger charge is 2.58. The largest absolute Gasteiger partial charge is 0.508 e. The van der Waals surface area contributed by atoms with Gasteiger partial charge in [0.25, 0.3) is 0 Å². The third kappa shape index (κ3) is 5.41. The number of fused-ring (bicyclic) bond motifs is 4. The third-order valence-electron chi connectivity index (χ3n) is 10.3. The van der Waals surface area contributed by atoms with Crippen molar-refractivity contribution in [2.24, 2.45) is 5.92 Å². The van der Waals surface area contributed by atoms with Crippen LogP contribution in [0.1, 0.15) is 36.9 Å². The van der Waals surface area contributed by atoms with Crippen LogP contribution in [0.15, 0.2) is 72.8 Å². The summed E-state index contributed by atoms with van der Waals surface area (Å²) in [5.74, 6) is -3.80. The number of hydrogen-bond donors (Lipinski definition) is 7. The van der Waals surface area contributed by atoms with Crippen LogP contribution in [-0.2, 0) is 26.3 Å². The van der Waals surface area contributed by atoms with Gasteiger partial charge in [-0.3, -0.25) is 0 Å². The van der Waals surface area contributed by atoms with Gasteiger partial charge in [0.05, 0.1) is 36.4 Å². The number of phenolic OH excluding ortho intramolecular Hbond substituents is 1. The smallest absolute Gasteiger partial charge is 0.343 e. The molecule has 0 radical (unpaired) electrons. The van der Waals surface area contributed by atoms with Gasteiger partial charge in [-0.25, -0.2) is 4.79 Å². The SMILES string of the molecule is O=C(Oc1c(CO)[nH]c2ccc3cc4ccccc4cc3c12)[C@@H]1O[C@@](O)(CO)[C@H](O)[C@H]1OC[C@H](CO)C1(c2ccc(O)cc2)CCCC1. The predicted octanol–water partition coefficient (Wildman–Crippen LogP) is 3.52. The molecule has 0 amide bonds. The van der Waals surface area contributed by atoms with E-state index in [9.17, 15) is 35.4 Å². The van der Waals surface area contributed by atoms with Crippen molar-refractivity contribution in [1.29, 1.82) is 0 Å². The van der Waals surface area contributed by atoms with Gasteiger partial charge in [-0.2, -0.15) is 0 Å². The van der Waals surface area contributed by atoms with Crippen molar-refractivity contribution < 1.29 is 49.6 Å². The van der Waals surface area contributed by atoms with Crippen molar-refractivity contribution in [3.05, 3.63) is 84.1 Å². The van der Waals surface area contributed by atoms with Crippen molar-refractivity contribution in [1.82, 2.24) is 4.98 Å². The normalized spacial score (nSPS) is 24.5. The Bertz CT molecular complexity index is 1950. The first-order valence-corrected chi connectivity index (χ1v) is 16.2. The van der Waals surface area contributed by atoms with Gasteiger partial charge in [0.15, 0.2) is 11.9 Å². The molecule has 5 atom stereocenters. The molecular weight excluding hydrogens is 618 g/mol. The van der Waals surface area contributed by atoms with Gasteiger partial charge >= 0.3 is 5.97 Å². The second-order valence-electron chi connectivity index (χ2n) is 13.0. The van der Waals surface area contributed by atoms with Crippen molar-refractivity contribution >= 4 is 38.4 Å². The number of aromatic nitrogens is 1. The highest BCUT2D eigenvalue weighted by Crippen LogP contribution is 2.48.